The molecule has 0 N–H and O–H groups in total. The molecule has 0 aromatic rings. The molecule has 0 saturated heterocycles. The Bertz CT molecular complexity index is 29.9. The van der Waals surface area contributed by atoms with Crippen LogP contribution in [0, 0.1) is 6.92 Å². The third-order valence-electron chi connectivity index (χ3n) is 0. The van der Waals surface area contributed by atoms with Crippen molar-refractivity contribution in [3.8, 4) is 0 Å². The van der Waals surface area contributed by atoms with Gasteiger partial charge in [-0.05, 0) is 6.92 Å². The van der Waals surface area contributed by atoms with Crippen LogP contribution in [-0.2, 0) is 27.2 Å². The fourth-order valence-electron chi connectivity index (χ4n) is 0. The molecule has 0 aliphatic rings. The quantitative estimate of drug-likeness (QED) is 0.475. The van der Waals surface area contributed by atoms with Gasteiger partial charge in [-0.3, -0.25) is 0 Å². The van der Waals surface area contributed by atoms with Crippen LogP contribution in [0.2, 0.25) is 0 Å². The molecule has 0 spiro atoms. The van der Waals surface area contributed by atoms with Crippen molar-refractivity contribution >= 4 is 5.78 Å². The van der Waals surface area contributed by atoms with Crippen LogP contribution in [0.5, 0.6) is 0 Å². The molecular formula is C3H5AgO. The fourth-order valence-corrected chi connectivity index (χ4v) is 0. The van der Waals surface area contributed by atoms with Crippen molar-refractivity contribution in [3.63, 3.8) is 0 Å². The summed E-state index contributed by atoms with van der Waals surface area (Å²) in [6, 6.07) is 0. The van der Waals surface area contributed by atoms with Crippen molar-refractivity contribution in [1.29, 1.82) is 0 Å². The Hall–Kier alpha value is 0.410. The van der Waals surface area contributed by atoms with Gasteiger partial charge in [0.2, 0.25) is 0 Å². The molecule has 5 heavy (non-hydrogen) atoms. The van der Waals surface area contributed by atoms with Crippen molar-refractivity contribution in [1.82, 2.24) is 0 Å². The van der Waals surface area contributed by atoms with Gasteiger partial charge in [0.25, 0.3) is 0 Å². The Balaban J connectivity index is 0. The second-order valence-electron chi connectivity index (χ2n) is 0.702. The van der Waals surface area contributed by atoms with E-state index in [0.717, 1.165) is 0 Å². The van der Waals surface area contributed by atoms with E-state index >= 15 is 0 Å². The molecule has 0 bridgehead atoms. The standard InChI is InChI=1S/C3H5O.Ag/c1-3(2)4;/h1H2,2H3;. The van der Waals surface area contributed by atoms with E-state index in [9.17, 15) is 4.79 Å². The zero-order chi connectivity index (χ0) is 3.58. The van der Waals surface area contributed by atoms with E-state index in [-0.39, 0.29) is 28.2 Å². The van der Waals surface area contributed by atoms with E-state index in [4.69, 9.17) is 0 Å². The van der Waals surface area contributed by atoms with Crippen LogP contribution in [0.1, 0.15) is 6.92 Å². The van der Waals surface area contributed by atoms with Gasteiger partial charge in [-0.25, -0.2) is 0 Å². The zero-order valence-electron chi connectivity index (χ0n) is 2.92. The normalized spacial score (nSPS) is 5.20. The monoisotopic (exact) mass is 164 g/mol. The molecule has 1 nitrogen and oxygen atoms in total. The smallest absolute Gasteiger partial charge is 0.130 e. The molecule has 0 heterocycles. The molecule has 2 radical (unpaired) electrons. The summed E-state index contributed by atoms with van der Waals surface area (Å²) in [5, 5.41) is 0. The number of carbonyl (C=O) groups excluding carboxylic acids is 1. The molecule has 0 aliphatic carbocycles. The molecule has 0 aromatic heterocycles. The molecular weight excluding hydrogens is 160 g/mol. The van der Waals surface area contributed by atoms with Crippen LogP contribution in [0.4, 0.5) is 0 Å². The van der Waals surface area contributed by atoms with Crippen LogP contribution in [-0.4, -0.2) is 5.78 Å². The SMILES string of the molecule is [Ag].[CH2]C(C)=O. The molecule has 34 valence electrons. The minimum Gasteiger partial charge on any atom is -0.300 e. The molecule has 0 rings (SSSR count). The van der Waals surface area contributed by atoms with Crippen molar-refractivity contribution < 1.29 is 27.2 Å². The maximum absolute atomic E-state index is 9.33. The minimum absolute atomic E-state index is 0. The molecule has 2 heteroatoms. The molecule has 0 amide bonds. The Morgan fingerprint density at radius 3 is 1.80 bits per heavy atom. The Morgan fingerprint density at radius 2 is 1.80 bits per heavy atom. The summed E-state index contributed by atoms with van der Waals surface area (Å²) in [6.45, 7) is 4.42. The van der Waals surface area contributed by atoms with Crippen LogP contribution >= 0.6 is 0 Å². The largest absolute Gasteiger partial charge is 0.300 e. The number of carbonyl (C=O) groups is 1. The van der Waals surface area contributed by atoms with Gasteiger partial charge in [0.15, 0.2) is 0 Å². The number of ketones is 1. The van der Waals surface area contributed by atoms with Gasteiger partial charge >= 0.3 is 0 Å². The van der Waals surface area contributed by atoms with Gasteiger partial charge in [0.05, 0.1) is 0 Å². The molecule has 0 atom stereocenters. The predicted molar refractivity (Wildman–Crippen MR) is 16.0 cm³/mol. The first-order valence-electron chi connectivity index (χ1n) is 1.06. The molecule has 0 unspecified atom stereocenters. The van der Waals surface area contributed by atoms with Gasteiger partial charge in [-0.15, -0.1) is 0 Å². The average molecular weight is 165 g/mol. The Labute approximate surface area is 47.3 Å². The van der Waals surface area contributed by atoms with Gasteiger partial charge < -0.3 is 4.79 Å². The van der Waals surface area contributed by atoms with Crippen molar-refractivity contribution in [2.24, 2.45) is 0 Å². The Kier molecular flexibility index (Phi) is 7.98. The summed E-state index contributed by atoms with van der Waals surface area (Å²) in [5.74, 6) is -0.0833. The average Bonchev–Trinajstić information content (AvgIpc) is 0.811. The van der Waals surface area contributed by atoms with E-state index < -0.39 is 0 Å². The number of rotatable bonds is 0. The van der Waals surface area contributed by atoms with Crippen LogP contribution in [0.25, 0.3) is 0 Å². The molecule has 0 fully saturated rings. The van der Waals surface area contributed by atoms with Crippen molar-refractivity contribution in [2.75, 3.05) is 0 Å². The minimum atomic E-state index is -0.0833. The summed E-state index contributed by atoms with van der Waals surface area (Å²) in [6.07, 6.45) is 0. The third-order valence-corrected chi connectivity index (χ3v) is 0. The maximum Gasteiger partial charge on any atom is 0.130 e. The van der Waals surface area contributed by atoms with Gasteiger partial charge in [0.1, 0.15) is 5.78 Å². The second kappa shape index (κ2) is 4.41. The van der Waals surface area contributed by atoms with E-state index in [1.165, 1.54) is 6.92 Å². The van der Waals surface area contributed by atoms with Crippen LogP contribution in [0.15, 0.2) is 0 Å². The predicted octanol–water partition coefficient (Wildman–Crippen LogP) is 0.407. The zero-order valence-corrected chi connectivity index (χ0v) is 4.40. The van der Waals surface area contributed by atoms with E-state index in [1.54, 1.807) is 0 Å². The summed E-state index contributed by atoms with van der Waals surface area (Å²) >= 11 is 0. The molecule has 0 aliphatic heterocycles. The number of hydrogen-bond donors (Lipinski definition) is 0. The van der Waals surface area contributed by atoms with Gasteiger partial charge in [0, 0.05) is 29.3 Å². The summed E-state index contributed by atoms with van der Waals surface area (Å²) < 4.78 is 0. The first-order chi connectivity index (χ1) is 1.73. The van der Waals surface area contributed by atoms with Crippen molar-refractivity contribution in [3.05, 3.63) is 6.92 Å². The van der Waals surface area contributed by atoms with Gasteiger partial charge in [-0.2, -0.15) is 0 Å². The number of hydrogen-bond acceptors (Lipinski definition) is 1. The fraction of sp³-hybridized carbons (Fsp3) is 0.333. The first-order valence-corrected chi connectivity index (χ1v) is 1.06. The van der Waals surface area contributed by atoms with E-state index in [2.05, 4.69) is 6.92 Å². The van der Waals surface area contributed by atoms with Crippen LogP contribution in [0.3, 0.4) is 0 Å². The van der Waals surface area contributed by atoms with Crippen LogP contribution < -0.4 is 0 Å². The van der Waals surface area contributed by atoms with E-state index in [0.29, 0.717) is 0 Å². The first kappa shape index (κ1) is 9.05. The second-order valence-corrected chi connectivity index (χ2v) is 0.702. The third kappa shape index (κ3) is 152. The maximum atomic E-state index is 9.33. The molecule has 0 saturated carbocycles. The summed E-state index contributed by atoms with van der Waals surface area (Å²) in [5.41, 5.74) is 0. The summed E-state index contributed by atoms with van der Waals surface area (Å²) in [7, 11) is 0. The van der Waals surface area contributed by atoms with Gasteiger partial charge in [-0.1, -0.05) is 0 Å². The summed E-state index contributed by atoms with van der Waals surface area (Å²) in [4.78, 5) is 9.33. The Morgan fingerprint density at radius 1 is 1.80 bits per heavy atom. The number of Topliss-reactive ketones (excluding diaryl/α,β-unsaturated/α-hetero) is 1. The topological polar surface area (TPSA) is 17.1 Å². The van der Waals surface area contributed by atoms with Crippen molar-refractivity contribution in [2.45, 2.75) is 6.92 Å². The molecule has 0 aromatic carbocycles. The van der Waals surface area contributed by atoms with E-state index in [1.807, 2.05) is 0 Å².